The lowest BCUT2D eigenvalue weighted by atomic mass is 10.2. The van der Waals surface area contributed by atoms with Crippen LogP contribution in [0, 0.1) is 0 Å². The van der Waals surface area contributed by atoms with Gasteiger partial charge in [0.2, 0.25) is 0 Å². The molecule has 1 heterocycles. The lowest BCUT2D eigenvalue weighted by molar-refractivity contribution is 0.513. The van der Waals surface area contributed by atoms with Crippen LogP contribution < -0.4 is 11.1 Å². The number of hydrogen-bond donors (Lipinski definition) is 2. The van der Waals surface area contributed by atoms with Crippen LogP contribution in [-0.2, 0) is 6.42 Å². The number of furan rings is 1. The lowest BCUT2D eigenvalue weighted by Gasteiger charge is -2.08. The van der Waals surface area contributed by atoms with Crippen molar-refractivity contribution < 1.29 is 4.42 Å². The van der Waals surface area contributed by atoms with Gasteiger partial charge in [-0.15, -0.1) is 0 Å². The van der Waals surface area contributed by atoms with Crippen LogP contribution in [0.4, 0.5) is 11.4 Å². The SMILES string of the molecule is Nc1ccc(Cl)cc1NCCc1ccco1. The highest BCUT2D eigenvalue weighted by atomic mass is 35.5. The van der Waals surface area contributed by atoms with Crippen molar-refractivity contribution in [3.63, 3.8) is 0 Å². The second-order valence-corrected chi connectivity index (χ2v) is 3.92. The Hall–Kier alpha value is -1.61. The van der Waals surface area contributed by atoms with E-state index in [1.807, 2.05) is 18.2 Å². The fraction of sp³-hybridized carbons (Fsp3) is 0.167. The van der Waals surface area contributed by atoms with Gasteiger partial charge in [-0.05, 0) is 30.3 Å². The highest BCUT2D eigenvalue weighted by Crippen LogP contribution is 2.22. The molecule has 0 saturated carbocycles. The van der Waals surface area contributed by atoms with Gasteiger partial charge in [0, 0.05) is 18.0 Å². The van der Waals surface area contributed by atoms with E-state index in [-0.39, 0.29) is 0 Å². The molecule has 84 valence electrons. The highest BCUT2D eigenvalue weighted by Gasteiger charge is 2.00. The summed E-state index contributed by atoms with van der Waals surface area (Å²) in [6.45, 7) is 0.762. The van der Waals surface area contributed by atoms with Gasteiger partial charge in [-0.3, -0.25) is 0 Å². The molecule has 16 heavy (non-hydrogen) atoms. The molecular weight excluding hydrogens is 224 g/mol. The fourth-order valence-corrected chi connectivity index (χ4v) is 1.63. The molecule has 0 saturated heterocycles. The molecule has 3 nitrogen and oxygen atoms in total. The molecule has 1 aromatic heterocycles. The minimum absolute atomic E-state index is 0.676. The number of nitrogens with two attached hydrogens (primary N) is 1. The first-order chi connectivity index (χ1) is 7.75. The molecule has 0 aliphatic carbocycles. The zero-order valence-electron chi connectivity index (χ0n) is 8.74. The third kappa shape index (κ3) is 2.70. The minimum Gasteiger partial charge on any atom is -0.469 e. The van der Waals surface area contributed by atoms with Crippen molar-refractivity contribution in [2.75, 3.05) is 17.6 Å². The monoisotopic (exact) mass is 236 g/mol. The van der Waals surface area contributed by atoms with Gasteiger partial charge in [0.05, 0.1) is 17.6 Å². The Kier molecular flexibility index (Phi) is 3.37. The first kappa shape index (κ1) is 10.9. The number of anilines is 2. The van der Waals surface area contributed by atoms with Crippen LogP contribution in [0.5, 0.6) is 0 Å². The highest BCUT2D eigenvalue weighted by molar-refractivity contribution is 6.31. The van der Waals surface area contributed by atoms with Crippen molar-refractivity contribution in [2.45, 2.75) is 6.42 Å². The Morgan fingerprint density at radius 2 is 2.19 bits per heavy atom. The number of nitrogens with one attached hydrogen (secondary N) is 1. The van der Waals surface area contributed by atoms with E-state index in [1.165, 1.54) is 0 Å². The van der Waals surface area contributed by atoms with Crippen molar-refractivity contribution >= 4 is 23.0 Å². The Morgan fingerprint density at radius 3 is 2.94 bits per heavy atom. The molecule has 0 spiro atoms. The van der Waals surface area contributed by atoms with Crippen LogP contribution in [-0.4, -0.2) is 6.54 Å². The van der Waals surface area contributed by atoms with Gasteiger partial charge < -0.3 is 15.5 Å². The molecule has 0 amide bonds. The molecule has 1 aromatic carbocycles. The predicted molar refractivity (Wildman–Crippen MR) is 66.8 cm³/mol. The number of benzene rings is 1. The van der Waals surface area contributed by atoms with E-state index in [4.69, 9.17) is 21.8 Å². The second-order valence-electron chi connectivity index (χ2n) is 3.49. The van der Waals surface area contributed by atoms with Crippen molar-refractivity contribution in [3.05, 3.63) is 47.4 Å². The lowest BCUT2D eigenvalue weighted by Crippen LogP contribution is -2.06. The Labute approximate surface area is 99.2 Å². The van der Waals surface area contributed by atoms with Gasteiger partial charge >= 0.3 is 0 Å². The zero-order valence-corrected chi connectivity index (χ0v) is 9.50. The first-order valence-corrected chi connectivity index (χ1v) is 5.45. The summed E-state index contributed by atoms with van der Waals surface area (Å²) < 4.78 is 5.23. The van der Waals surface area contributed by atoms with E-state index in [1.54, 1.807) is 18.4 Å². The molecule has 4 heteroatoms. The number of nitrogen functional groups attached to an aromatic ring is 1. The van der Waals surface area contributed by atoms with E-state index in [2.05, 4.69) is 5.32 Å². The average Bonchev–Trinajstić information content (AvgIpc) is 2.76. The Morgan fingerprint density at radius 1 is 1.31 bits per heavy atom. The molecular formula is C12H13ClN2O. The maximum atomic E-state index is 5.88. The van der Waals surface area contributed by atoms with Gasteiger partial charge in [0.1, 0.15) is 5.76 Å². The minimum atomic E-state index is 0.676. The zero-order chi connectivity index (χ0) is 11.4. The summed E-state index contributed by atoms with van der Waals surface area (Å²) >= 11 is 5.88. The van der Waals surface area contributed by atoms with E-state index in [0.29, 0.717) is 10.7 Å². The van der Waals surface area contributed by atoms with Crippen molar-refractivity contribution in [2.24, 2.45) is 0 Å². The third-order valence-electron chi connectivity index (χ3n) is 2.28. The van der Waals surface area contributed by atoms with E-state index < -0.39 is 0 Å². The van der Waals surface area contributed by atoms with E-state index in [9.17, 15) is 0 Å². The van der Waals surface area contributed by atoms with Crippen molar-refractivity contribution in [1.82, 2.24) is 0 Å². The molecule has 2 rings (SSSR count). The molecule has 0 aliphatic rings. The van der Waals surface area contributed by atoms with Crippen LogP contribution in [0.3, 0.4) is 0 Å². The van der Waals surface area contributed by atoms with Gasteiger partial charge in [0.25, 0.3) is 0 Å². The van der Waals surface area contributed by atoms with E-state index in [0.717, 1.165) is 24.4 Å². The summed E-state index contributed by atoms with van der Waals surface area (Å²) in [6.07, 6.45) is 2.49. The molecule has 0 aliphatic heterocycles. The second kappa shape index (κ2) is 4.94. The van der Waals surface area contributed by atoms with Crippen molar-refractivity contribution in [1.29, 1.82) is 0 Å². The maximum absolute atomic E-state index is 5.88. The van der Waals surface area contributed by atoms with Crippen LogP contribution in [0.15, 0.2) is 41.0 Å². The van der Waals surface area contributed by atoms with Crippen LogP contribution in [0.1, 0.15) is 5.76 Å². The predicted octanol–water partition coefficient (Wildman–Crippen LogP) is 3.17. The smallest absolute Gasteiger partial charge is 0.105 e. The topological polar surface area (TPSA) is 51.2 Å². The quantitative estimate of drug-likeness (QED) is 0.802. The summed E-state index contributed by atoms with van der Waals surface area (Å²) in [5.74, 6) is 0.952. The fourth-order valence-electron chi connectivity index (χ4n) is 1.46. The number of halogens is 1. The largest absolute Gasteiger partial charge is 0.469 e. The molecule has 0 unspecified atom stereocenters. The summed E-state index contributed by atoms with van der Waals surface area (Å²) in [5.41, 5.74) is 7.36. The molecule has 0 bridgehead atoms. The Balaban J connectivity index is 1.92. The third-order valence-corrected chi connectivity index (χ3v) is 2.52. The van der Waals surface area contributed by atoms with E-state index >= 15 is 0 Å². The number of hydrogen-bond acceptors (Lipinski definition) is 3. The summed E-state index contributed by atoms with van der Waals surface area (Å²) in [7, 11) is 0. The first-order valence-electron chi connectivity index (χ1n) is 5.07. The molecule has 2 aromatic rings. The van der Waals surface area contributed by atoms with Gasteiger partial charge in [0.15, 0.2) is 0 Å². The molecule has 0 atom stereocenters. The molecule has 0 radical (unpaired) electrons. The molecule has 0 fully saturated rings. The summed E-state index contributed by atoms with van der Waals surface area (Å²) in [5, 5.41) is 3.90. The molecule has 3 N–H and O–H groups in total. The van der Waals surface area contributed by atoms with Gasteiger partial charge in [-0.25, -0.2) is 0 Å². The average molecular weight is 237 g/mol. The van der Waals surface area contributed by atoms with Gasteiger partial charge in [-0.2, -0.15) is 0 Å². The normalized spacial score (nSPS) is 10.3. The van der Waals surface area contributed by atoms with Crippen LogP contribution in [0.2, 0.25) is 5.02 Å². The maximum Gasteiger partial charge on any atom is 0.105 e. The summed E-state index contributed by atoms with van der Waals surface area (Å²) in [4.78, 5) is 0. The standard InChI is InChI=1S/C12H13ClN2O/c13-9-3-4-11(14)12(8-9)15-6-5-10-2-1-7-16-10/h1-4,7-8,15H,5-6,14H2. The Bertz CT molecular complexity index is 454. The number of rotatable bonds is 4. The summed E-state index contributed by atoms with van der Waals surface area (Å²) in [6, 6.07) is 9.21. The van der Waals surface area contributed by atoms with Gasteiger partial charge in [-0.1, -0.05) is 11.6 Å². The van der Waals surface area contributed by atoms with Crippen LogP contribution in [0.25, 0.3) is 0 Å². The van der Waals surface area contributed by atoms with Crippen LogP contribution >= 0.6 is 11.6 Å². The van der Waals surface area contributed by atoms with Crippen molar-refractivity contribution in [3.8, 4) is 0 Å².